The number of unbranched alkanes of at least 4 members (excludes halogenated alkanes) is 2. The molecular weight excluding hydrogens is 204 g/mol. The third-order valence-corrected chi connectivity index (χ3v) is 2.69. The summed E-state index contributed by atoms with van der Waals surface area (Å²) < 4.78 is 0. The SMILES string of the molecule is CC(C)C(C)NC(=O)CNCCCCCO. The molecule has 3 N–H and O–H groups in total. The number of aliphatic hydroxyl groups is 1. The minimum atomic E-state index is 0.0587. The standard InChI is InChI=1S/C12H26N2O2/c1-10(2)11(3)14-12(16)9-13-7-5-4-6-8-15/h10-11,13,15H,4-9H2,1-3H3,(H,14,16). The zero-order valence-corrected chi connectivity index (χ0v) is 10.8. The van der Waals surface area contributed by atoms with E-state index in [2.05, 4.69) is 24.5 Å². The fourth-order valence-corrected chi connectivity index (χ4v) is 1.21. The van der Waals surface area contributed by atoms with Crippen LogP contribution in [-0.4, -0.2) is 36.8 Å². The van der Waals surface area contributed by atoms with Crippen molar-refractivity contribution >= 4 is 5.91 Å². The number of hydrogen-bond donors (Lipinski definition) is 3. The first-order valence-electron chi connectivity index (χ1n) is 6.19. The summed E-state index contributed by atoms with van der Waals surface area (Å²) in [7, 11) is 0. The lowest BCUT2D eigenvalue weighted by atomic mass is 10.1. The third-order valence-electron chi connectivity index (χ3n) is 2.69. The summed E-state index contributed by atoms with van der Waals surface area (Å²) in [5, 5.41) is 14.6. The molecule has 4 heteroatoms. The average Bonchev–Trinajstić information content (AvgIpc) is 2.23. The van der Waals surface area contributed by atoms with Gasteiger partial charge in [-0.3, -0.25) is 4.79 Å². The zero-order valence-electron chi connectivity index (χ0n) is 10.8. The molecule has 1 atom stereocenters. The fraction of sp³-hybridized carbons (Fsp3) is 0.917. The van der Waals surface area contributed by atoms with Crippen LogP contribution in [0.2, 0.25) is 0 Å². The minimum Gasteiger partial charge on any atom is -0.396 e. The normalized spacial score (nSPS) is 12.8. The van der Waals surface area contributed by atoms with Crippen LogP contribution >= 0.6 is 0 Å². The van der Waals surface area contributed by atoms with Crippen molar-refractivity contribution in [1.29, 1.82) is 0 Å². The molecule has 0 bridgehead atoms. The Morgan fingerprint density at radius 1 is 1.19 bits per heavy atom. The highest BCUT2D eigenvalue weighted by Gasteiger charge is 2.09. The van der Waals surface area contributed by atoms with Gasteiger partial charge in [0.2, 0.25) is 5.91 Å². The molecule has 96 valence electrons. The van der Waals surface area contributed by atoms with Gasteiger partial charge in [0.15, 0.2) is 0 Å². The summed E-state index contributed by atoms with van der Waals surface area (Å²) in [5.74, 6) is 0.525. The molecular formula is C12H26N2O2. The summed E-state index contributed by atoms with van der Waals surface area (Å²) >= 11 is 0. The molecule has 0 radical (unpaired) electrons. The molecule has 0 aliphatic rings. The van der Waals surface area contributed by atoms with E-state index in [-0.39, 0.29) is 18.6 Å². The van der Waals surface area contributed by atoms with E-state index >= 15 is 0 Å². The van der Waals surface area contributed by atoms with E-state index in [1.165, 1.54) is 0 Å². The minimum absolute atomic E-state index is 0.0587. The lowest BCUT2D eigenvalue weighted by Crippen LogP contribution is -2.41. The van der Waals surface area contributed by atoms with E-state index < -0.39 is 0 Å². The van der Waals surface area contributed by atoms with Gasteiger partial charge in [0.05, 0.1) is 6.54 Å². The van der Waals surface area contributed by atoms with Crippen LogP contribution in [0.4, 0.5) is 0 Å². The van der Waals surface area contributed by atoms with Crippen LogP contribution in [0.1, 0.15) is 40.0 Å². The lowest BCUT2D eigenvalue weighted by molar-refractivity contribution is -0.121. The van der Waals surface area contributed by atoms with Gasteiger partial charge in [-0.1, -0.05) is 13.8 Å². The van der Waals surface area contributed by atoms with Crippen molar-refractivity contribution in [1.82, 2.24) is 10.6 Å². The first kappa shape index (κ1) is 15.4. The predicted octanol–water partition coefficient (Wildman–Crippen LogP) is 0.899. The van der Waals surface area contributed by atoms with Crippen LogP contribution in [-0.2, 0) is 4.79 Å². The quantitative estimate of drug-likeness (QED) is 0.516. The monoisotopic (exact) mass is 230 g/mol. The molecule has 0 aromatic heterocycles. The second-order valence-electron chi connectivity index (χ2n) is 4.56. The van der Waals surface area contributed by atoms with Crippen molar-refractivity contribution < 1.29 is 9.90 Å². The van der Waals surface area contributed by atoms with E-state index in [9.17, 15) is 4.79 Å². The number of nitrogens with one attached hydrogen (secondary N) is 2. The molecule has 0 saturated carbocycles. The highest BCUT2D eigenvalue weighted by Crippen LogP contribution is 1.98. The second-order valence-corrected chi connectivity index (χ2v) is 4.56. The Labute approximate surface area is 98.8 Å². The highest BCUT2D eigenvalue weighted by molar-refractivity contribution is 5.78. The molecule has 0 saturated heterocycles. The lowest BCUT2D eigenvalue weighted by Gasteiger charge is -2.17. The van der Waals surface area contributed by atoms with E-state index in [0.29, 0.717) is 12.5 Å². The Morgan fingerprint density at radius 2 is 1.88 bits per heavy atom. The van der Waals surface area contributed by atoms with Crippen molar-refractivity contribution in [3.8, 4) is 0 Å². The van der Waals surface area contributed by atoms with Crippen LogP contribution in [0.15, 0.2) is 0 Å². The molecule has 0 fully saturated rings. The summed E-state index contributed by atoms with van der Waals surface area (Å²) in [6.45, 7) is 7.68. The van der Waals surface area contributed by atoms with Gasteiger partial charge < -0.3 is 15.7 Å². The molecule has 0 aromatic rings. The number of carbonyl (C=O) groups is 1. The largest absolute Gasteiger partial charge is 0.396 e. The number of amides is 1. The number of hydrogen-bond acceptors (Lipinski definition) is 3. The molecule has 16 heavy (non-hydrogen) atoms. The van der Waals surface area contributed by atoms with Crippen molar-refractivity contribution in [3.63, 3.8) is 0 Å². The van der Waals surface area contributed by atoms with Gasteiger partial charge in [-0.15, -0.1) is 0 Å². The molecule has 0 rings (SSSR count). The van der Waals surface area contributed by atoms with E-state index in [4.69, 9.17) is 5.11 Å². The molecule has 0 heterocycles. The molecule has 1 unspecified atom stereocenters. The molecule has 4 nitrogen and oxygen atoms in total. The zero-order chi connectivity index (χ0) is 12.4. The summed E-state index contributed by atoms with van der Waals surface area (Å²) in [5.41, 5.74) is 0. The van der Waals surface area contributed by atoms with Gasteiger partial charge in [0, 0.05) is 12.6 Å². The van der Waals surface area contributed by atoms with E-state index in [0.717, 1.165) is 25.8 Å². The number of rotatable bonds is 9. The Kier molecular flexibility index (Phi) is 9.24. The van der Waals surface area contributed by atoms with Crippen molar-refractivity contribution in [3.05, 3.63) is 0 Å². The van der Waals surface area contributed by atoms with Crippen molar-refractivity contribution in [2.75, 3.05) is 19.7 Å². The smallest absolute Gasteiger partial charge is 0.234 e. The number of carbonyl (C=O) groups excluding carboxylic acids is 1. The van der Waals surface area contributed by atoms with Gasteiger partial charge in [0.25, 0.3) is 0 Å². The molecule has 0 spiro atoms. The summed E-state index contributed by atoms with van der Waals surface area (Å²) in [6.07, 6.45) is 2.86. The van der Waals surface area contributed by atoms with Gasteiger partial charge in [0.1, 0.15) is 0 Å². The van der Waals surface area contributed by atoms with Gasteiger partial charge in [-0.25, -0.2) is 0 Å². The molecule has 0 aliphatic carbocycles. The van der Waals surface area contributed by atoms with Crippen LogP contribution in [0.25, 0.3) is 0 Å². The Morgan fingerprint density at radius 3 is 2.44 bits per heavy atom. The predicted molar refractivity (Wildman–Crippen MR) is 66.2 cm³/mol. The van der Waals surface area contributed by atoms with Crippen LogP contribution in [0.3, 0.4) is 0 Å². The second kappa shape index (κ2) is 9.60. The van der Waals surface area contributed by atoms with Crippen LogP contribution in [0.5, 0.6) is 0 Å². The summed E-state index contributed by atoms with van der Waals surface area (Å²) in [4.78, 5) is 11.4. The first-order valence-corrected chi connectivity index (χ1v) is 6.19. The molecule has 1 amide bonds. The van der Waals surface area contributed by atoms with Gasteiger partial charge in [-0.2, -0.15) is 0 Å². The summed E-state index contributed by atoms with van der Waals surface area (Å²) in [6, 6.07) is 0.226. The fourth-order valence-electron chi connectivity index (χ4n) is 1.21. The van der Waals surface area contributed by atoms with Crippen LogP contribution in [0, 0.1) is 5.92 Å². The molecule has 0 aromatic carbocycles. The first-order chi connectivity index (χ1) is 7.57. The van der Waals surface area contributed by atoms with Gasteiger partial charge in [-0.05, 0) is 38.6 Å². The third kappa shape index (κ3) is 8.68. The van der Waals surface area contributed by atoms with E-state index in [1.807, 2.05) is 6.92 Å². The Balaban J connectivity index is 3.37. The number of aliphatic hydroxyl groups excluding tert-OH is 1. The average molecular weight is 230 g/mol. The highest BCUT2D eigenvalue weighted by atomic mass is 16.2. The van der Waals surface area contributed by atoms with Gasteiger partial charge >= 0.3 is 0 Å². The van der Waals surface area contributed by atoms with Crippen molar-refractivity contribution in [2.45, 2.75) is 46.1 Å². The van der Waals surface area contributed by atoms with E-state index in [1.54, 1.807) is 0 Å². The maximum absolute atomic E-state index is 11.4. The Hall–Kier alpha value is -0.610. The maximum atomic E-state index is 11.4. The maximum Gasteiger partial charge on any atom is 0.234 e. The topological polar surface area (TPSA) is 61.4 Å². The molecule has 0 aliphatic heterocycles. The van der Waals surface area contributed by atoms with Crippen molar-refractivity contribution in [2.24, 2.45) is 5.92 Å². The van der Waals surface area contributed by atoms with Crippen LogP contribution < -0.4 is 10.6 Å². The Bertz CT molecular complexity index is 184.